The molecule has 0 atom stereocenters. The van der Waals surface area contributed by atoms with Gasteiger partial charge in [0.1, 0.15) is 0 Å². The molecule has 3 aromatic heterocycles. The molecule has 0 N–H and O–H groups in total. The topological polar surface area (TPSA) is 30.7 Å². The standard InChI is InChI=1S/C17H10ClF2N3/c18-12-5-11(7-22-8-12)10-1-2-13-14-9-21-4-3-15(14)23(17(19)20)16(13)6-10/h1-9,17H. The van der Waals surface area contributed by atoms with Crippen LogP contribution in [0.15, 0.2) is 55.1 Å². The van der Waals surface area contributed by atoms with Gasteiger partial charge in [0.2, 0.25) is 0 Å². The average molecular weight is 330 g/mol. The molecule has 0 aliphatic heterocycles. The van der Waals surface area contributed by atoms with Gasteiger partial charge in [0, 0.05) is 41.1 Å². The Bertz CT molecular complexity index is 1030. The van der Waals surface area contributed by atoms with Crippen molar-refractivity contribution >= 4 is 33.4 Å². The Kier molecular flexibility index (Phi) is 3.23. The summed E-state index contributed by atoms with van der Waals surface area (Å²) >= 11 is 5.96. The first-order valence-electron chi connectivity index (χ1n) is 6.92. The number of hydrogen-bond acceptors (Lipinski definition) is 2. The second kappa shape index (κ2) is 5.28. The lowest BCUT2D eigenvalue weighted by Crippen LogP contribution is -1.97. The van der Waals surface area contributed by atoms with E-state index in [0.29, 0.717) is 21.4 Å². The van der Waals surface area contributed by atoms with E-state index in [1.807, 2.05) is 12.1 Å². The molecule has 3 heterocycles. The Morgan fingerprint density at radius 2 is 1.74 bits per heavy atom. The molecule has 0 spiro atoms. The molecule has 114 valence electrons. The van der Waals surface area contributed by atoms with Crippen molar-refractivity contribution in [2.75, 3.05) is 0 Å². The van der Waals surface area contributed by atoms with Crippen LogP contribution in [0.5, 0.6) is 0 Å². The van der Waals surface area contributed by atoms with E-state index in [1.54, 1.807) is 30.6 Å². The molecule has 0 saturated carbocycles. The van der Waals surface area contributed by atoms with Gasteiger partial charge in [-0.15, -0.1) is 0 Å². The lowest BCUT2D eigenvalue weighted by atomic mass is 10.1. The molecule has 0 amide bonds. The van der Waals surface area contributed by atoms with Crippen molar-refractivity contribution in [2.45, 2.75) is 6.55 Å². The van der Waals surface area contributed by atoms with Crippen LogP contribution in [0.1, 0.15) is 6.55 Å². The normalized spacial score (nSPS) is 11.7. The zero-order valence-electron chi connectivity index (χ0n) is 11.7. The second-order valence-corrected chi connectivity index (χ2v) is 5.60. The summed E-state index contributed by atoms with van der Waals surface area (Å²) in [6.07, 6.45) is 6.31. The van der Waals surface area contributed by atoms with Crippen molar-refractivity contribution in [2.24, 2.45) is 0 Å². The summed E-state index contributed by atoms with van der Waals surface area (Å²) < 4.78 is 28.2. The van der Waals surface area contributed by atoms with E-state index in [2.05, 4.69) is 9.97 Å². The Hall–Kier alpha value is -2.53. The first-order valence-corrected chi connectivity index (χ1v) is 7.30. The first kappa shape index (κ1) is 14.1. The third-order valence-electron chi connectivity index (χ3n) is 3.84. The van der Waals surface area contributed by atoms with Crippen molar-refractivity contribution in [3.63, 3.8) is 0 Å². The van der Waals surface area contributed by atoms with E-state index in [9.17, 15) is 8.78 Å². The van der Waals surface area contributed by atoms with E-state index >= 15 is 0 Å². The maximum Gasteiger partial charge on any atom is 0.319 e. The second-order valence-electron chi connectivity index (χ2n) is 5.16. The molecule has 0 saturated heterocycles. The SMILES string of the molecule is FC(F)n1c2ccncc2c2ccc(-c3cncc(Cl)c3)cc21. The Labute approximate surface area is 135 Å². The molecule has 1 aromatic carbocycles. The third kappa shape index (κ3) is 2.24. The Balaban J connectivity index is 2.05. The smallest absolute Gasteiger partial charge is 0.284 e. The summed E-state index contributed by atoms with van der Waals surface area (Å²) in [6.45, 7) is -2.63. The van der Waals surface area contributed by atoms with Gasteiger partial charge in [-0.1, -0.05) is 23.7 Å². The van der Waals surface area contributed by atoms with Crippen LogP contribution in [0, 0.1) is 0 Å². The highest BCUT2D eigenvalue weighted by molar-refractivity contribution is 6.30. The minimum atomic E-state index is -2.63. The summed E-state index contributed by atoms with van der Waals surface area (Å²) in [4.78, 5) is 8.09. The zero-order valence-corrected chi connectivity index (χ0v) is 12.5. The fourth-order valence-electron chi connectivity index (χ4n) is 2.85. The van der Waals surface area contributed by atoms with Crippen LogP contribution >= 0.6 is 11.6 Å². The van der Waals surface area contributed by atoms with Gasteiger partial charge in [-0.2, -0.15) is 8.78 Å². The number of rotatable bonds is 2. The van der Waals surface area contributed by atoms with Crippen LogP contribution in [-0.4, -0.2) is 14.5 Å². The molecule has 4 aromatic rings. The van der Waals surface area contributed by atoms with Crippen LogP contribution in [0.4, 0.5) is 8.78 Å². The van der Waals surface area contributed by atoms with Crippen molar-refractivity contribution < 1.29 is 8.78 Å². The van der Waals surface area contributed by atoms with E-state index < -0.39 is 6.55 Å². The third-order valence-corrected chi connectivity index (χ3v) is 4.05. The molecular formula is C17H10ClF2N3. The lowest BCUT2D eigenvalue weighted by Gasteiger charge is -2.07. The van der Waals surface area contributed by atoms with Gasteiger partial charge in [0.25, 0.3) is 0 Å². The number of aromatic nitrogens is 3. The highest BCUT2D eigenvalue weighted by Gasteiger charge is 2.17. The molecule has 0 radical (unpaired) electrons. The van der Waals surface area contributed by atoms with E-state index in [4.69, 9.17) is 11.6 Å². The average Bonchev–Trinajstić information content (AvgIpc) is 2.88. The predicted molar refractivity (Wildman–Crippen MR) is 86.7 cm³/mol. The molecule has 0 fully saturated rings. The summed E-state index contributed by atoms with van der Waals surface area (Å²) in [5, 5.41) is 1.95. The summed E-state index contributed by atoms with van der Waals surface area (Å²) in [5.41, 5.74) is 2.49. The number of hydrogen-bond donors (Lipinski definition) is 0. The van der Waals surface area contributed by atoms with Gasteiger partial charge in [0.05, 0.1) is 16.1 Å². The minimum Gasteiger partial charge on any atom is -0.284 e. The van der Waals surface area contributed by atoms with Crippen molar-refractivity contribution in [1.29, 1.82) is 0 Å². The number of halogens is 3. The van der Waals surface area contributed by atoms with E-state index in [-0.39, 0.29) is 0 Å². The van der Waals surface area contributed by atoms with Crippen LogP contribution in [0.2, 0.25) is 5.02 Å². The molecule has 23 heavy (non-hydrogen) atoms. The summed E-state index contributed by atoms with van der Waals surface area (Å²) in [6, 6.07) is 8.79. The molecule has 0 unspecified atom stereocenters. The lowest BCUT2D eigenvalue weighted by molar-refractivity contribution is 0.0796. The molecular weight excluding hydrogens is 320 g/mol. The monoisotopic (exact) mass is 329 g/mol. The van der Waals surface area contributed by atoms with Crippen LogP contribution < -0.4 is 0 Å². The largest absolute Gasteiger partial charge is 0.319 e. The van der Waals surface area contributed by atoms with Crippen LogP contribution in [0.3, 0.4) is 0 Å². The Morgan fingerprint density at radius 3 is 2.52 bits per heavy atom. The fourth-order valence-corrected chi connectivity index (χ4v) is 3.03. The molecule has 0 aliphatic rings. The van der Waals surface area contributed by atoms with Gasteiger partial charge < -0.3 is 0 Å². The van der Waals surface area contributed by atoms with Crippen LogP contribution in [-0.2, 0) is 0 Å². The number of pyridine rings is 2. The van der Waals surface area contributed by atoms with Gasteiger partial charge >= 0.3 is 6.55 Å². The van der Waals surface area contributed by atoms with Crippen molar-refractivity contribution in [1.82, 2.24) is 14.5 Å². The van der Waals surface area contributed by atoms with Gasteiger partial charge in [-0.25, -0.2) is 0 Å². The highest BCUT2D eigenvalue weighted by atomic mass is 35.5. The van der Waals surface area contributed by atoms with Crippen molar-refractivity contribution in [3.05, 3.63) is 60.1 Å². The maximum atomic E-state index is 13.6. The van der Waals surface area contributed by atoms with Crippen molar-refractivity contribution in [3.8, 4) is 11.1 Å². The molecule has 4 rings (SSSR count). The van der Waals surface area contributed by atoms with Crippen LogP contribution in [0.25, 0.3) is 32.9 Å². The fraction of sp³-hybridized carbons (Fsp3) is 0.0588. The number of fused-ring (bicyclic) bond motifs is 3. The molecule has 3 nitrogen and oxygen atoms in total. The number of alkyl halides is 2. The highest BCUT2D eigenvalue weighted by Crippen LogP contribution is 2.35. The van der Waals surface area contributed by atoms with E-state index in [0.717, 1.165) is 21.1 Å². The molecule has 6 heteroatoms. The molecule has 0 bridgehead atoms. The minimum absolute atomic E-state index is 0.459. The van der Waals surface area contributed by atoms with Gasteiger partial charge in [-0.05, 0) is 23.8 Å². The van der Waals surface area contributed by atoms with Gasteiger partial charge in [0.15, 0.2) is 0 Å². The number of nitrogens with zero attached hydrogens (tertiary/aromatic N) is 3. The summed E-state index contributed by atoms with van der Waals surface area (Å²) in [5.74, 6) is 0. The maximum absolute atomic E-state index is 13.6. The quantitative estimate of drug-likeness (QED) is 0.499. The number of benzene rings is 1. The van der Waals surface area contributed by atoms with Gasteiger partial charge in [-0.3, -0.25) is 14.5 Å². The summed E-state index contributed by atoms with van der Waals surface area (Å²) in [7, 11) is 0. The predicted octanol–water partition coefficient (Wildman–Crippen LogP) is 5.30. The van der Waals surface area contributed by atoms with E-state index in [1.165, 1.54) is 12.4 Å². The first-order chi connectivity index (χ1) is 11.1. The molecule has 0 aliphatic carbocycles. The Morgan fingerprint density at radius 1 is 0.870 bits per heavy atom. The zero-order chi connectivity index (χ0) is 16.0.